The van der Waals surface area contributed by atoms with E-state index in [2.05, 4.69) is 15.3 Å². The minimum absolute atomic E-state index is 0.659. The van der Waals surface area contributed by atoms with Gasteiger partial charge in [0.25, 0.3) is 0 Å². The molecule has 0 aliphatic carbocycles. The predicted octanol–water partition coefficient (Wildman–Crippen LogP) is 1.67. The van der Waals surface area contributed by atoms with Crippen molar-refractivity contribution < 1.29 is 0 Å². The quantitative estimate of drug-likeness (QED) is 0.791. The number of hydrogen-bond donors (Lipinski definition) is 2. The van der Waals surface area contributed by atoms with Gasteiger partial charge in [0.2, 0.25) is 0 Å². The third-order valence-electron chi connectivity index (χ3n) is 2.05. The molecule has 76 valence electrons. The molecule has 0 saturated carbocycles. The summed E-state index contributed by atoms with van der Waals surface area (Å²) >= 11 is 0. The standard InChI is InChI=1S/C11H12N4/c12-10-2-1-5-14-11(10)15-8-9-3-6-13-7-4-9/h1-7H,8,12H2,(H,14,15). The van der Waals surface area contributed by atoms with E-state index in [0.29, 0.717) is 18.1 Å². The summed E-state index contributed by atoms with van der Waals surface area (Å²) in [5.41, 5.74) is 7.55. The number of nitrogens with two attached hydrogens (primary N) is 1. The number of nitrogen functional groups attached to an aromatic ring is 1. The summed E-state index contributed by atoms with van der Waals surface area (Å²) in [7, 11) is 0. The van der Waals surface area contributed by atoms with Crippen LogP contribution in [-0.4, -0.2) is 9.97 Å². The van der Waals surface area contributed by atoms with Crippen molar-refractivity contribution in [2.75, 3.05) is 11.1 Å². The van der Waals surface area contributed by atoms with Crippen LogP contribution in [0.5, 0.6) is 0 Å². The Kier molecular flexibility index (Phi) is 2.78. The van der Waals surface area contributed by atoms with Crippen LogP contribution in [0.2, 0.25) is 0 Å². The van der Waals surface area contributed by atoms with Gasteiger partial charge < -0.3 is 11.1 Å². The lowest BCUT2D eigenvalue weighted by Gasteiger charge is -2.07. The van der Waals surface area contributed by atoms with E-state index in [1.807, 2.05) is 24.3 Å². The molecular weight excluding hydrogens is 188 g/mol. The number of rotatable bonds is 3. The van der Waals surface area contributed by atoms with Gasteiger partial charge in [-0.2, -0.15) is 0 Å². The van der Waals surface area contributed by atoms with E-state index in [4.69, 9.17) is 5.73 Å². The summed E-state index contributed by atoms with van der Waals surface area (Å²) in [6, 6.07) is 7.53. The van der Waals surface area contributed by atoms with E-state index < -0.39 is 0 Å². The monoisotopic (exact) mass is 200 g/mol. The topological polar surface area (TPSA) is 63.8 Å². The SMILES string of the molecule is Nc1cccnc1NCc1ccncc1. The van der Waals surface area contributed by atoms with Crippen molar-refractivity contribution in [3.63, 3.8) is 0 Å². The van der Waals surface area contributed by atoms with Crippen molar-refractivity contribution in [2.24, 2.45) is 0 Å². The van der Waals surface area contributed by atoms with Crippen molar-refractivity contribution in [2.45, 2.75) is 6.54 Å². The predicted molar refractivity (Wildman–Crippen MR) is 60.2 cm³/mol. The number of pyridine rings is 2. The number of nitrogens with zero attached hydrogens (tertiary/aromatic N) is 2. The molecule has 15 heavy (non-hydrogen) atoms. The van der Waals surface area contributed by atoms with Crippen molar-refractivity contribution in [1.82, 2.24) is 9.97 Å². The van der Waals surface area contributed by atoms with Crippen LogP contribution in [0.3, 0.4) is 0 Å². The van der Waals surface area contributed by atoms with E-state index in [9.17, 15) is 0 Å². The molecule has 0 fully saturated rings. The molecule has 0 atom stereocenters. The average Bonchev–Trinajstić information content (AvgIpc) is 2.29. The molecule has 0 spiro atoms. The molecule has 0 amide bonds. The lowest BCUT2D eigenvalue weighted by Crippen LogP contribution is -2.04. The maximum Gasteiger partial charge on any atom is 0.149 e. The Hall–Kier alpha value is -2.10. The molecule has 0 bridgehead atoms. The molecule has 0 unspecified atom stereocenters. The van der Waals surface area contributed by atoms with Crippen LogP contribution < -0.4 is 11.1 Å². The summed E-state index contributed by atoms with van der Waals surface area (Å²) < 4.78 is 0. The highest BCUT2D eigenvalue weighted by molar-refractivity contribution is 5.60. The number of nitrogens with one attached hydrogen (secondary N) is 1. The van der Waals surface area contributed by atoms with E-state index in [1.165, 1.54) is 0 Å². The molecule has 0 aliphatic heterocycles. The van der Waals surface area contributed by atoms with Crippen LogP contribution in [0.25, 0.3) is 0 Å². The van der Waals surface area contributed by atoms with Crippen LogP contribution in [0.1, 0.15) is 5.56 Å². The second kappa shape index (κ2) is 4.41. The van der Waals surface area contributed by atoms with Gasteiger partial charge in [0, 0.05) is 25.1 Å². The van der Waals surface area contributed by atoms with Crippen LogP contribution in [-0.2, 0) is 6.54 Å². The summed E-state index contributed by atoms with van der Waals surface area (Å²) in [4.78, 5) is 8.09. The summed E-state index contributed by atoms with van der Waals surface area (Å²) in [5.74, 6) is 0.717. The van der Waals surface area contributed by atoms with Crippen molar-refractivity contribution >= 4 is 11.5 Å². The molecule has 3 N–H and O–H groups in total. The maximum absolute atomic E-state index is 5.75. The van der Waals surface area contributed by atoms with Gasteiger partial charge in [-0.3, -0.25) is 4.98 Å². The lowest BCUT2D eigenvalue weighted by atomic mass is 10.2. The first-order chi connectivity index (χ1) is 7.36. The molecule has 2 heterocycles. The van der Waals surface area contributed by atoms with Crippen LogP contribution >= 0.6 is 0 Å². The van der Waals surface area contributed by atoms with Gasteiger partial charge in [-0.15, -0.1) is 0 Å². The van der Waals surface area contributed by atoms with E-state index in [-0.39, 0.29) is 0 Å². The first-order valence-electron chi connectivity index (χ1n) is 4.69. The fourth-order valence-corrected chi connectivity index (χ4v) is 1.25. The average molecular weight is 200 g/mol. The van der Waals surface area contributed by atoms with Gasteiger partial charge in [-0.1, -0.05) is 0 Å². The molecule has 4 nitrogen and oxygen atoms in total. The Morgan fingerprint density at radius 1 is 1.13 bits per heavy atom. The van der Waals surface area contributed by atoms with E-state index in [1.54, 1.807) is 18.6 Å². The highest BCUT2D eigenvalue weighted by atomic mass is 15.0. The fourth-order valence-electron chi connectivity index (χ4n) is 1.25. The van der Waals surface area contributed by atoms with Gasteiger partial charge in [-0.05, 0) is 29.8 Å². The highest BCUT2D eigenvalue weighted by Crippen LogP contribution is 2.13. The molecule has 0 radical (unpaired) electrons. The first-order valence-corrected chi connectivity index (χ1v) is 4.69. The smallest absolute Gasteiger partial charge is 0.149 e. The summed E-state index contributed by atoms with van der Waals surface area (Å²) in [5, 5.41) is 3.17. The molecule has 2 aromatic rings. The fraction of sp³-hybridized carbons (Fsp3) is 0.0909. The van der Waals surface area contributed by atoms with Crippen molar-refractivity contribution in [3.05, 3.63) is 48.4 Å². The van der Waals surface area contributed by atoms with Gasteiger partial charge in [0.05, 0.1) is 5.69 Å². The Balaban J connectivity index is 2.03. The molecule has 0 aliphatic rings. The second-order valence-corrected chi connectivity index (χ2v) is 3.15. The Morgan fingerprint density at radius 2 is 1.93 bits per heavy atom. The summed E-state index contributed by atoms with van der Waals surface area (Å²) in [6.07, 6.45) is 5.24. The largest absolute Gasteiger partial charge is 0.396 e. The minimum atomic E-state index is 0.659. The number of aromatic nitrogens is 2. The Bertz CT molecular complexity index is 428. The number of anilines is 2. The lowest BCUT2D eigenvalue weighted by molar-refractivity contribution is 1.10. The van der Waals surface area contributed by atoms with Gasteiger partial charge in [0.15, 0.2) is 0 Å². The van der Waals surface area contributed by atoms with E-state index in [0.717, 1.165) is 5.56 Å². The van der Waals surface area contributed by atoms with Crippen molar-refractivity contribution in [1.29, 1.82) is 0 Å². The molecule has 2 aromatic heterocycles. The molecule has 4 heteroatoms. The zero-order valence-electron chi connectivity index (χ0n) is 8.22. The third-order valence-corrected chi connectivity index (χ3v) is 2.05. The second-order valence-electron chi connectivity index (χ2n) is 3.15. The summed E-state index contributed by atoms with van der Waals surface area (Å²) in [6.45, 7) is 0.698. The highest BCUT2D eigenvalue weighted by Gasteiger charge is 1.97. The van der Waals surface area contributed by atoms with Crippen LogP contribution in [0.15, 0.2) is 42.9 Å². The zero-order valence-corrected chi connectivity index (χ0v) is 8.22. The van der Waals surface area contributed by atoms with Crippen LogP contribution in [0.4, 0.5) is 11.5 Å². The normalized spacial score (nSPS) is 9.87. The molecule has 0 saturated heterocycles. The molecule has 2 rings (SSSR count). The minimum Gasteiger partial charge on any atom is -0.396 e. The molecular formula is C11H12N4. The maximum atomic E-state index is 5.75. The van der Waals surface area contributed by atoms with Gasteiger partial charge >= 0.3 is 0 Å². The van der Waals surface area contributed by atoms with Gasteiger partial charge in [0.1, 0.15) is 5.82 Å². The number of hydrogen-bond acceptors (Lipinski definition) is 4. The van der Waals surface area contributed by atoms with Crippen LogP contribution in [0, 0.1) is 0 Å². The third kappa shape index (κ3) is 2.43. The molecule has 0 aromatic carbocycles. The Labute approximate surface area is 88.2 Å². The zero-order chi connectivity index (χ0) is 10.5. The van der Waals surface area contributed by atoms with Gasteiger partial charge in [-0.25, -0.2) is 4.98 Å². The Morgan fingerprint density at radius 3 is 2.67 bits per heavy atom. The first kappa shape index (κ1) is 9.45. The van der Waals surface area contributed by atoms with Crippen molar-refractivity contribution in [3.8, 4) is 0 Å². The van der Waals surface area contributed by atoms with E-state index >= 15 is 0 Å².